The van der Waals surface area contributed by atoms with Crippen molar-refractivity contribution in [1.82, 2.24) is 10.2 Å². The Bertz CT molecular complexity index is 679. The molecular weight excluding hydrogens is 320 g/mol. The summed E-state index contributed by atoms with van der Waals surface area (Å²) in [6, 6.07) is 8.61. The van der Waals surface area contributed by atoms with Crippen LogP contribution in [0, 0.1) is 11.3 Å². The number of nitriles is 1. The number of nitrogens with one attached hydrogen (secondary N) is 1. The largest absolute Gasteiger partial charge is 0.481 e. The lowest BCUT2D eigenvalue weighted by molar-refractivity contribution is -0.122. The lowest BCUT2D eigenvalue weighted by Gasteiger charge is -2.13. The van der Waals surface area contributed by atoms with Gasteiger partial charge in [0.1, 0.15) is 5.75 Å². The highest BCUT2D eigenvalue weighted by Crippen LogP contribution is 2.25. The van der Waals surface area contributed by atoms with Crippen LogP contribution in [0.15, 0.2) is 28.6 Å². The monoisotopic (exact) mass is 334 g/mol. The molecule has 1 heterocycles. The molecule has 2 rings (SSSR count). The number of carbonyl (C=O) groups excluding carboxylic acids is 1. The number of aromatic nitrogens is 2. The molecule has 0 aliphatic rings. The topological polar surface area (TPSA) is 87.9 Å². The number of hydrogen-bond acceptors (Lipinski definition) is 7. The zero-order chi connectivity index (χ0) is 15.9. The van der Waals surface area contributed by atoms with Gasteiger partial charge in [-0.25, -0.2) is 0 Å². The van der Waals surface area contributed by atoms with Gasteiger partial charge in [0.05, 0.1) is 11.6 Å². The second-order valence-electron chi connectivity index (χ2n) is 4.19. The predicted octanol–water partition coefficient (Wildman–Crippen LogP) is 2.93. The van der Waals surface area contributed by atoms with E-state index in [1.54, 1.807) is 43.0 Å². The van der Waals surface area contributed by atoms with Crippen LogP contribution in [0.1, 0.15) is 19.4 Å². The second-order valence-corrected chi connectivity index (χ2v) is 6.68. The van der Waals surface area contributed by atoms with Crippen molar-refractivity contribution in [2.75, 3.05) is 11.1 Å². The van der Waals surface area contributed by atoms with Gasteiger partial charge < -0.3 is 4.74 Å². The number of benzene rings is 1. The molecule has 2 aromatic rings. The predicted molar refractivity (Wildman–Crippen MR) is 86.2 cm³/mol. The molecule has 1 amide bonds. The number of rotatable bonds is 6. The average Bonchev–Trinajstić information content (AvgIpc) is 2.95. The highest BCUT2D eigenvalue weighted by atomic mass is 32.2. The van der Waals surface area contributed by atoms with Crippen molar-refractivity contribution in [2.45, 2.75) is 24.3 Å². The Kier molecular flexibility index (Phi) is 5.75. The SMILES string of the molecule is CCSc1nnc(NC(=O)[C@H](C)Oc2ccc(C#N)cc2)s1. The molecule has 0 aliphatic heterocycles. The number of anilines is 1. The Hall–Kier alpha value is -2.11. The van der Waals surface area contributed by atoms with Crippen LogP contribution in [-0.4, -0.2) is 28.0 Å². The molecule has 0 bridgehead atoms. The van der Waals surface area contributed by atoms with Crippen molar-refractivity contribution >= 4 is 34.1 Å². The van der Waals surface area contributed by atoms with Gasteiger partial charge >= 0.3 is 0 Å². The van der Waals surface area contributed by atoms with Gasteiger partial charge in [0, 0.05) is 0 Å². The maximum Gasteiger partial charge on any atom is 0.266 e. The van der Waals surface area contributed by atoms with Gasteiger partial charge in [-0.2, -0.15) is 5.26 Å². The molecule has 1 aromatic heterocycles. The fraction of sp³-hybridized carbons (Fsp3) is 0.286. The Balaban J connectivity index is 1.91. The molecule has 1 aromatic carbocycles. The molecule has 1 N–H and O–H groups in total. The van der Waals surface area contributed by atoms with E-state index in [2.05, 4.69) is 15.5 Å². The zero-order valence-electron chi connectivity index (χ0n) is 12.1. The van der Waals surface area contributed by atoms with E-state index >= 15 is 0 Å². The average molecular weight is 334 g/mol. The second kappa shape index (κ2) is 7.77. The van der Waals surface area contributed by atoms with E-state index in [1.807, 2.05) is 13.0 Å². The van der Waals surface area contributed by atoms with Crippen molar-refractivity contribution in [1.29, 1.82) is 5.26 Å². The van der Waals surface area contributed by atoms with Crippen molar-refractivity contribution < 1.29 is 9.53 Å². The molecule has 114 valence electrons. The van der Waals surface area contributed by atoms with Gasteiger partial charge in [-0.3, -0.25) is 10.1 Å². The molecule has 0 unspecified atom stereocenters. The summed E-state index contributed by atoms with van der Waals surface area (Å²) in [7, 11) is 0. The van der Waals surface area contributed by atoms with E-state index in [4.69, 9.17) is 10.00 Å². The first-order valence-electron chi connectivity index (χ1n) is 6.56. The van der Waals surface area contributed by atoms with Crippen molar-refractivity contribution in [3.05, 3.63) is 29.8 Å². The minimum Gasteiger partial charge on any atom is -0.481 e. The summed E-state index contributed by atoms with van der Waals surface area (Å²) in [4.78, 5) is 12.1. The molecule has 6 nitrogen and oxygen atoms in total. The number of ether oxygens (including phenoxy) is 1. The Morgan fingerprint density at radius 2 is 2.18 bits per heavy atom. The number of hydrogen-bond donors (Lipinski definition) is 1. The first-order valence-corrected chi connectivity index (χ1v) is 8.36. The fourth-order valence-electron chi connectivity index (χ4n) is 1.51. The van der Waals surface area contributed by atoms with Crippen LogP contribution < -0.4 is 10.1 Å². The maximum atomic E-state index is 12.1. The summed E-state index contributed by atoms with van der Waals surface area (Å²) in [5.41, 5.74) is 0.541. The molecule has 0 saturated heterocycles. The van der Waals surface area contributed by atoms with Crippen LogP contribution in [0.25, 0.3) is 0 Å². The minimum atomic E-state index is -0.681. The number of carbonyl (C=O) groups is 1. The molecule has 22 heavy (non-hydrogen) atoms. The summed E-state index contributed by atoms with van der Waals surface area (Å²) in [6.07, 6.45) is -0.681. The van der Waals surface area contributed by atoms with Crippen LogP contribution in [0.3, 0.4) is 0 Å². The number of thioether (sulfide) groups is 1. The summed E-state index contributed by atoms with van der Waals surface area (Å²) in [5.74, 6) is 1.13. The normalized spacial score (nSPS) is 11.5. The number of nitrogens with zero attached hydrogens (tertiary/aromatic N) is 3. The Morgan fingerprint density at radius 3 is 2.82 bits per heavy atom. The third-order valence-electron chi connectivity index (χ3n) is 2.57. The molecule has 0 spiro atoms. The van der Waals surface area contributed by atoms with Crippen LogP contribution in [0.5, 0.6) is 5.75 Å². The first kappa shape index (κ1) is 16.3. The molecule has 0 saturated carbocycles. The lowest BCUT2D eigenvalue weighted by Crippen LogP contribution is -2.30. The molecule has 0 fully saturated rings. The molecule has 1 atom stereocenters. The summed E-state index contributed by atoms with van der Waals surface area (Å²) in [6.45, 7) is 3.67. The molecule has 0 radical (unpaired) electrons. The molecule has 8 heteroatoms. The van der Waals surface area contributed by atoms with Crippen LogP contribution >= 0.6 is 23.1 Å². The zero-order valence-corrected chi connectivity index (χ0v) is 13.7. The van der Waals surface area contributed by atoms with Gasteiger partial charge in [-0.1, -0.05) is 30.0 Å². The van der Waals surface area contributed by atoms with Crippen molar-refractivity contribution in [3.63, 3.8) is 0 Å². The minimum absolute atomic E-state index is 0.298. The maximum absolute atomic E-state index is 12.1. The van der Waals surface area contributed by atoms with Crippen molar-refractivity contribution in [3.8, 4) is 11.8 Å². The summed E-state index contributed by atoms with van der Waals surface area (Å²) < 4.78 is 6.35. The third kappa shape index (κ3) is 4.44. The quantitative estimate of drug-likeness (QED) is 0.645. The van der Waals surface area contributed by atoms with Gasteiger partial charge in [0.2, 0.25) is 5.13 Å². The highest BCUT2D eigenvalue weighted by Gasteiger charge is 2.17. The highest BCUT2D eigenvalue weighted by molar-refractivity contribution is 8.01. The standard InChI is InChI=1S/C14H14N4O2S2/c1-3-21-14-18-17-13(22-14)16-12(19)9(2)20-11-6-4-10(8-15)5-7-11/h4-7,9H,3H2,1-2H3,(H,16,17,19)/t9-/m0/s1. The Morgan fingerprint density at radius 1 is 1.45 bits per heavy atom. The van der Waals surface area contributed by atoms with E-state index in [0.29, 0.717) is 16.4 Å². The molecule has 0 aliphatic carbocycles. The smallest absolute Gasteiger partial charge is 0.266 e. The van der Waals surface area contributed by atoms with Gasteiger partial charge in [0.15, 0.2) is 10.4 Å². The van der Waals surface area contributed by atoms with E-state index in [-0.39, 0.29) is 5.91 Å². The van der Waals surface area contributed by atoms with Crippen molar-refractivity contribution in [2.24, 2.45) is 0 Å². The fourth-order valence-corrected chi connectivity index (χ4v) is 3.17. The van der Waals surface area contributed by atoms with Crippen LogP contribution in [0.4, 0.5) is 5.13 Å². The van der Waals surface area contributed by atoms with Gasteiger partial charge in [-0.15, -0.1) is 10.2 Å². The van der Waals surface area contributed by atoms with E-state index in [9.17, 15) is 4.79 Å². The molecular formula is C14H14N4O2S2. The van der Waals surface area contributed by atoms with E-state index < -0.39 is 6.10 Å². The third-order valence-corrected chi connectivity index (χ3v) is 4.42. The number of amides is 1. The van der Waals surface area contributed by atoms with Crippen LogP contribution in [0.2, 0.25) is 0 Å². The van der Waals surface area contributed by atoms with E-state index in [1.165, 1.54) is 11.3 Å². The first-order chi connectivity index (χ1) is 10.6. The van der Waals surface area contributed by atoms with Gasteiger partial charge in [-0.05, 0) is 36.9 Å². The van der Waals surface area contributed by atoms with Gasteiger partial charge in [0.25, 0.3) is 5.91 Å². The lowest BCUT2D eigenvalue weighted by atomic mass is 10.2. The van der Waals surface area contributed by atoms with Crippen LogP contribution in [-0.2, 0) is 4.79 Å². The van der Waals surface area contributed by atoms with E-state index in [0.717, 1.165) is 10.1 Å². The Labute approximate surface area is 136 Å². The summed E-state index contributed by atoms with van der Waals surface area (Å²) >= 11 is 2.91. The summed E-state index contributed by atoms with van der Waals surface area (Å²) in [5, 5.41) is 19.7.